The van der Waals surface area contributed by atoms with Gasteiger partial charge in [0.2, 0.25) is 11.8 Å². The molecule has 7 heteroatoms. The van der Waals surface area contributed by atoms with E-state index in [2.05, 4.69) is 27.5 Å². The summed E-state index contributed by atoms with van der Waals surface area (Å²) in [6.07, 6.45) is 3.08. The molecule has 0 saturated carbocycles. The van der Waals surface area contributed by atoms with E-state index in [9.17, 15) is 10.1 Å². The van der Waals surface area contributed by atoms with Crippen LogP contribution < -0.4 is 10.6 Å². The average Bonchev–Trinajstić information content (AvgIpc) is 2.49. The molecule has 2 N–H and O–H groups in total. The van der Waals surface area contributed by atoms with Crippen LogP contribution in [-0.4, -0.2) is 21.9 Å². The van der Waals surface area contributed by atoms with Gasteiger partial charge in [-0.1, -0.05) is 31.5 Å². The van der Waals surface area contributed by atoms with Crippen LogP contribution in [0.2, 0.25) is 0 Å². The van der Waals surface area contributed by atoms with Gasteiger partial charge in [0.15, 0.2) is 0 Å². The van der Waals surface area contributed by atoms with E-state index in [4.69, 9.17) is 0 Å². The molecule has 0 aliphatic carbocycles. The van der Waals surface area contributed by atoms with Crippen LogP contribution in [0.3, 0.4) is 0 Å². The summed E-state index contributed by atoms with van der Waals surface area (Å²) in [5.74, 6) is 0.513. The van der Waals surface area contributed by atoms with E-state index in [0.29, 0.717) is 5.95 Å². The number of hydrogen-bond donors (Lipinski definition) is 2. The fraction of sp³-hybridized carbons (Fsp3) is 0.286. The van der Waals surface area contributed by atoms with Crippen molar-refractivity contribution in [2.24, 2.45) is 0 Å². The molecule has 0 radical (unpaired) electrons. The largest absolute Gasteiger partial charge is 0.357 e. The Bertz CT molecular complexity index is 645. The first-order valence-corrected chi connectivity index (χ1v) is 6.69. The lowest BCUT2D eigenvalue weighted by molar-refractivity contribution is -0.384. The molecule has 0 atom stereocenters. The highest BCUT2D eigenvalue weighted by atomic mass is 16.6. The van der Waals surface area contributed by atoms with Gasteiger partial charge in [0, 0.05) is 12.7 Å². The first-order valence-electron chi connectivity index (χ1n) is 6.69. The van der Waals surface area contributed by atoms with Crippen molar-refractivity contribution in [2.75, 3.05) is 17.7 Å². The molecule has 0 aliphatic rings. The highest BCUT2D eigenvalue weighted by Crippen LogP contribution is 2.27. The molecule has 7 nitrogen and oxygen atoms in total. The second-order valence-electron chi connectivity index (χ2n) is 4.47. The van der Waals surface area contributed by atoms with Crippen molar-refractivity contribution >= 4 is 23.1 Å². The van der Waals surface area contributed by atoms with Crippen molar-refractivity contribution in [2.45, 2.75) is 19.8 Å². The predicted octanol–water partition coefficient (Wildman–Crippen LogP) is 3.12. The zero-order valence-corrected chi connectivity index (χ0v) is 12.0. The first kappa shape index (κ1) is 14.7. The van der Waals surface area contributed by atoms with E-state index >= 15 is 0 Å². The predicted molar refractivity (Wildman–Crippen MR) is 82.0 cm³/mol. The van der Waals surface area contributed by atoms with Crippen molar-refractivity contribution in [3.05, 3.63) is 46.1 Å². The Hall–Kier alpha value is -2.70. The highest BCUT2D eigenvalue weighted by Gasteiger charge is 2.18. The Balaban J connectivity index is 2.40. The molecule has 1 aromatic heterocycles. The molecular weight excluding hydrogens is 270 g/mol. The fourth-order valence-electron chi connectivity index (χ4n) is 1.98. The summed E-state index contributed by atoms with van der Waals surface area (Å²) in [4.78, 5) is 18.6. The Kier molecular flexibility index (Phi) is 4.65. The standard InChI is InChI=1S/C14H17N5O2/c1-3-6-10-7-4-5-8-11(10)17-13-12(19(20)21)9-16-14(15-2)18-13/h4-5,7-9H,3,6H2,1-2H3,(H2,15,16,17,18). The van der Waals surface area contributed by atoms with Gasteiger partial charge in [0.25, 0.3) is 0 Å². The molecule has 0 fully saturated rings. The number of hydrogen-bond acceptors (Lipinski definition) is 6. The summed E-state index contributed by atoms with van der Waals surface area (Å²) in [6, 6.07) is 7.71. The van der Waals surface area contributed by atoms with E-state index in [-0.39, 0.29) is 11.5 Å². The lowest BCUT2D eigenvalue weighted by Crippen LogP contribution is -2.05. The van der Waals surface area contributed by atoms with Crippen molar-refractivity contribution in [3.63, 3.8) is 0 Å². The number of benzene rings is 1. The fourth-order valence-corrected chi connectivity index (χ4v) is 1.98. The van der Waals surface area contributed by atoms with Crippen molar-refractivity contribution in [1.82, 2.24) is 9.97 Å². The Morgan fingerprint density at radius 1 is 1.33 bits per heavy atom. The van der Waals surface area contributed by atoms with Crippen LogP contribution in [0.4, 0.5) is 23.1 Å². The summed E-state index contributed by atoms with van der Waals surface area (Å²) >= 11 is 0. The van der Waals surface area contributed by atoms with Gasteiger partial charge in [-0.2, -0.15) is 4.98 Å². The molecule has 2 aromatic rings. The first-order chi connectivity index (χ1) is 10.2. The number of nitro groups is 1. The Labute approximate surface area is 122 Å². The van der Waals surface area contributed by atoms with Crippen molar-refractivity contribution in [3.8, 4) is 0 Å². The van der Waals surface area contributed by atoms with Crippen LogP contribution in [-0.2, 0) is 6.42 Å². The minimum Gasteiger partial charge on any atom is -0.357 e. The summed E-state index contributed by atoms with van der Waals surface area (Å²) in [7, 11) is 1.66. The zero-order valence-electron chi connectivity index (χ0n) is 12.0. The van der Waals surface area contributed by atoms with E-state index in [0.717, 1.165) is 24.1 Å². The lowest BCUT2D eigenvalue weighted by Gasteiger charge is -2.11. The van der Waals surface area contributed by atoms with Gasteiger partial charge < -0.3 is 10.6 Å². The molecule has 0 saturated heterocycles. The topological polar surface area (TPSA) is 93.0 Å². The maximum Gasteiger partial charge on any atom is 0.329 e. The molecule has 21 heavy (non-hydrogen) atoms. The molecular formula is C14H17N5O2. The van der Waals surface area contributed by atoms with Crippen molar-refractivity contribution in [1.29, 1.82) is 0 Å². The second kappa shape index (κ2) is 6.65. The van der Waals surface area contributed by atoms with E-state index < -0.39 is 4.92 Å². The van der Waals surface area contributed by atoms with Crippen LogP contribution in [0, 0.1) is 10.1 Å². The lowest BCUT2D eigenvalue weighted by atomic mass is 10.1. The third-order valence-corrected chi connectivity index (χ3v) is 2.98. The molecule has 0 aliphatic heterocycles. The highest BCUT2D eigenvalue weighted by molar-refractivity contribution is 5.68. The minimum atomic E-state index is -0.496. The number of anilines is 3. The Morgan fingerprint density at radius 3 is 2.76 bits per heavy atom. The third-order valence-electron chi connectivity index (χ3n) is 2.98. The average molecular weight is 287 g/mol. The maximum absolute atomic E-state index is 11.1. The second-order valence-corrected chi connectivity index (χ2v) is 4.47. The van der Waals surface area contributed by atoms with Gasteiger partial charge in [-0.3, -0.25) is 10.1 Å². The zero-order chi connectivity index (χ0) is 15.2. The molecule has 0 amide bonds. The minimum absolute atomic E-state index is 0.152. The van der Waals surface area contributed by atoms with Gasteiger partial charge >= 0.3 is 5.69 Å². The molecule has 1 aromatic carbocycles. The molecule has 110 valence electrons. The summed E-state index contributed by atoms with van der Waals surface area (Å²) in [5.41, 5.74) is 1.77. The number of rotatable bonds is 6. The van der Waals surface area contributed by atoms with Crippen LogP contribution in [0.25, 0.3) is 0 Å². The number of para-hydroxylation sites is 1. The van der Waals surface area contributed by atoms with Gasteiger partial charge in [-0.15, -0.1) is 0 Å². The van der Waals surface area contributed by atoms with Gasteiger partial charge in [0.05, 0.1) is 4.92 Å². The molecule has 1 heterocycles. The quantitative estimate of drug-likeness (QED) is 0.626. The molecule has 0 spiro atoms. The number of nitrogens with zero attached hydrogens (tertiary/aromatic N) is 3. The normalized spacial score (nSPS) is 10.2. The van der Waals surface area contributed by atoms with Gasteiger partial charge in [-0.05, 0) is 18.1 Å². The van der Waals surface area contributed by atoms with Crippen molar-refractivity contribution < 1.29 is 4.92 Å². The SMILES string of the molecule is CCCc1ccccc1Nc1nc(NC)ncc1[N+](=O)[O-]. The third kappa shape index (κ3) is 3.44. The molecule has 2 rings (SSSR count). The summed E-state index contributed by atoms with van der Waals surface area (Å²) in [5, 5.41) is 16.9. The van der Waals surface area contributed by atoms with Crippen LogP contribution in [0.5, 0.6) is 0 Å². The van der Waals surface area contributed by atoms with Crippen LogP contribution in [0.1, 0.15) is 18.9 Å². The Morgan fingerprint density at radius 2 is 2.10 bits per heavy atom. The molecule has 0 bridgehead atoms. The van der Waals surface area contributed by atoms with Gasteiger partial charge in [0.1, 0.15) is 6.20 Å². The monoisotopic (exact) mass is 287 g/mol. The van der Waals surface area contributed by atoms with Crippen LogP contribution in [0.15, 0.2) is 30.5 Å². The number of aryl methyl sites for hydroxylation is 1. The van der Waals surface area contributed by atoms with E-state index in [1.807, 2.05) is 24.3 Å². The van der Waals surface area contributed by atoms with E-state index in [1.165, 1.54) is 6.20 Å². The molecule has 0 unspecified atom stereocenters. The van der Waals surface area contributed by atoms with Gasteiger partial charge in [-0.25, -0.2) is 4.98 Å². The number of nitrogens with one attached hydrogen (secondary N) is 2. The maximum atomic E-state index is 11.1. The number of aromatic nitrogens is 2. The summed E-state index contributed by atoms with van der Waals surface area (Å²) < 4.78 is 0. The van der Waals surface area contributed by atoms with Crippen LogP contribution >= 0.6 is 0 Å². The summed E-state index contributed by atoms with van der Waals surface area (Å²) in [6.45, 7) is 2.09. The smallest absolute Gasteiger partial charge is 0.329 e. The van der Waals surface area contributed by atoms with E-state index in [1.54, 1.807) is 7.05 Å².